The van der Waals surface area contributed by atoms with Gasteiger partial charge in [0.2, 0.25) is 5.91 Å². The van der Waals surface area contributed by atoms with Gasteiger partial charge in [-0.3, -0.25) is 9.59 Å². The SMILES string of the molecule is CC(=Cc1cn(C(C(=O)Oc2ccccc2)c2ccccc2)cn1)C(=O)[C@@H](COCc1ccccc1)NC(=O)C(C)(C)N. The maximum absolute atomic E-state index is 13.5. The number of esters is 1. The minimum atomic E-state index is -1.19. The smallest absolute Gasteiger partial charge is 0.339 e. The fraction of sp³-hybridized carbons (Fsp3) is 0.235. The Morgan fingerprint density at radius 1 is 0.953 bits per heavy atom. The number of benzene rings is 3. The van der Waals surface area contributed by atoms with Crippen LogP contribution in [0.25, 0.3) is 6.08 Å². The molecule has 4 rings (SSSR count). The van der Waals surface area contributed by atoms with Gasteiger partial charge >= 0.3 is 5.97 Å². The summed E-state index contributed by atoms with van der Waals surface area (Å²) >= 11 is 0. The van der Waals surface area contributed by atoms with Gasteiger partial charge in [-0.15, -0.1) is 0 Å². The number of nitrogens with zero attached hydrogens (tertiary/aromatic N) is 2. The van der Waals surface area contributed by atoms with Crippen LogP contribution >= 0.6 is 0 Å². The lowest BCUT2D eigenvalue weighted by Gasteiger charge is -2.24. The standard InChI is InChI=1S/C34H36N4O5/c1-24(31(39)29(37-33(41)34(2,3)35)22-42-21-25-13-7-4-8-14-25)19-27-20-38(23-36-27)30(26-15-9-5-10-16-26)32(40)43-28-17-11-6-12-18-28/h4-20,23,29-30H,21-22,35H2,1-3H3,(H,37,41)/t29-,30?/m1/s1. The normalized spacial score (nSPS) is 13.2. The van der Waals surface area contributed by atoms with Crippen LogP contribution < -0.4 is 15.8 Å². The van der Waals surface area contributed by atoms with E-state index in [2.05, 4.69) is 10.3 Å². The van der Waals surface area contributed by atoms with Crippen LogP contribution in [0, 0.1) is 0 Å². The number of aromatic nitrogens is 2. The number of amides is 1. The van der Waals surface area contributed by atoms with E-state index in [1.54, 1.807) is 61.9 Å². The summed E-state index contributed by atoms with van der Waals surface area (Å²) in [6.07, 6.45) is 4.79. The molecule has 222 valence electrons. The summed E-state index contributed by atoms with van der Waals surface area (Å²) in [6, 6.07) is 25.8. The van der Waals surface area contributed by atoms with Gasteiger partial charge < -0.3 is 25.1 Å². The molecule has 1 unspecified atom stereocenters. The molecule has 0 radical (unpaired) electrons. The second kappa shape index (κ2) is 14.4. The van der Waals surface area contributed by atoms with Crippen molar-refractivity contribution >= 4 is 23.7 Å². The van der Waals surface area contributed by atoms with Crippen molar-refractivity contribution in [3.8, 4) is 5.75 Å². The van der Waals surface area contributed by atoms with E-state index in [-0.39, 0.29) is 19.0 Å². The number of rotatable bonds is 13. The molecule has 3 N–H and O–H groups in total. The molecule has 0 aliphatic rings. The summed E-state index contributed by atoms with van der Waals surface area (Å²) in [7, 11) is 0. The van der Waals surface area contributed by atoms with Crippen molar-refractivity contribution in [3.05, 3.63) is 126 Å². The third-order valence-corrected chi connectivity index (χ3v) is 6.58. The van der Waals surface area contributed by atoms with Crippen molar-refractivity contribution in [1.29, 1.82) is 0 Å². The average Bonchev–Trinajstić information content (AvgIpc) is 3.45. The zero-order valence-corrected chi connectivity index (χ0v) is 24.5. The number of ketones is 1. The minimum Gasteiger partial charge on any atom is -0.425 e. The number of ether oxygens (including phenoxy) is 2. The van der Waals surface area contributed by atoms with Gasteiger partial charge in [0.15, 0.2) is 11.8 Å². The first kappa shape index (κ1) is 31.1. The summed E-state index contributed by atoms with van der Waals surface area (Å²) in [5.74, 6) is -0.878. The quantitative estimate of drug-likeness (QED) is 0.136. The van der Waals surface area contributed by atoms with Crippen LogP contribution in [0.4, 0.5) is 0 Å². The molecule has 3 aromatic carbocycles. The Hall–Kier alpha value is -4.86. The van der Waals surface area contributed by atoms with Crippen LogP contribution in [0.5, 0.6) is 5.75 Å². The summed E-state index contributed by atoms with van der Waals surface area (Å²) in [4.78, 5) is 43.9. The number of hydrogen-bond acceptors (Lipinski definition) is 7. The molecule has 1 aromatic heterocycles. The zero-order valence-electron chi connectivity index (χ0n) is 24.5. The molecule has 0 fully saturated rings. The summed E-state index contributed by atoms with van der Waals surface area (Å²) in [5.41, 5.74) is 7.24. The molecule has 0 aliphatic carbocycles. The highest BCUT2D eigenvalue weighted by atomic mass is 16.5. The topological polar surface area (TPSA) is 126 Å². The van der Waals surface area contributed by atoms with E-state index >= 15 is 0 Å². The Balaban J connectivity index is 1.54. The largest absolute Gasteiger partial charge is 0.425 e. The maximum atomic E-state index is 13.5. The number of nitrogens with one attached hydrogen (secondary N) is 1. The second-order valence-electron chi connectivity index (χ2n) is 10.7. The zero-order chi connectivity index (χ0) is 30.8. The highest BCUT2D eigenvalue weighted by molar-refractivity contribution is 6.04. The molecule has 0 saturated heterocycles. The maximum Gasteiger partial charge on any atom is 0.339 e. The third kappa shape index (κ3) is 8.81. The van der Waals surface area contributed by atoms with Crippen molar-refractivity contribution in [3.63, 3.8) is 0 Å². The van der Waals surface area contributed by atoms with Crippen molar-refractivity contribution in [1.82, 2.24) is 14.9 Å². The molecular formula is C34H36N4O5. The van der Waals surface area contributed by atoms with E-state index in [1.807, 2.05) is 66.7 Å². The number of hydrogen-bond donors (Lipinski definition) is 2. The Bertz CT molecular complexity index is 1540. The van der Waals surface area contributed by atoms with Crippen molar-refractivity contribution in [2.45, 2.75) is 45.0 Å². The van der Waals surface area contributed by atoms with Gasteiger partial charge in [0.05, 0.1) is 30.8 Å². The fourth-order valence-corrected chi connectivity index (χ4v) is 4.26. The minimum absolute atomic E-state index is 0.0451. The average molecular weight is 581 g/mol. The monoisotopic (exact) mass is 580 g/mol. The number of carbonyl (C=O) groups is 3. The van der Waals surface area contributed by atoms with Crippen LogP contribution in [0.1, 0.15) is 43.6 Å². The Labute approximate surface area is 251 Å². The Morgan fingerprint density at radius 2 is 1.56 bits per heavy atom. The number of Topliss-reactive ketones (excluding diaryl/α,β-unsaturated/α-hetero) is 1. The fourth-order valence-electron chi connectivity index (χ4n) is 4.26. The number of imidazole rings is 1. The van der Waals surface area contributed by atoms with Gasteiger partial charge in [0, 0.05) is 6.20 Å². The van der Waals surface area contributed by atoms with Crippen molar-refractivity contribution in [2.75, 3.05) is 6.61 Å². The molecule has 4 aromatic rings. The molecule has 9 nitrogen and oxygen atoms in total. The van der Waals surface area contributed by atoms with Gasteiger partial charge in [-0.25, -0.2) is 9.78 Å². The van der Waals surface area contributed by atoms with E-state index in [0.29, 0.717) is 22.6 Å². The van der Waals surface area contributed by atoms with E-state index in [0.717, 1.165) is 5.56 Å². The third-order valence-electron chi connectivity index (χ3n) is 6.58. The molecule has 0 saturated carbocycles. The first-order valence-electron chi connectivity index (χ1n) is 13.9. The molecule has 0 spiro atoms. The summed E-state index contributed by atoms with van der Waals surface area (Å²) in [6.45, 7) is 5.01. The lowest BCUT2D eigenvalue weighted by molar-refractivity contribution is -0.136. The van der Waals surface area contributed by atoms with E-state index in [1.165, 1.54) is 6.33 Å². The van der Waals surface area contributed by atoms with E-state index in [9.17, 15) is 14.4 Å². The molecule has 9 heteroatoms. The van der Waals surface area contributed by atoms with Gasteiger partial charge in [0.25, 0.3) is 0 Å². The number of para-hydroxylation sites is 1. The molecule has 1 amide bonds. The predicted molar refractivity (Wildman–Crippen MR) is 164 cm³/mol. The lowest BCUT2D eigenvalue weighted by atomic mass is 10.0. The number of carbonyl (C=O) groups excluding carboxylic acids is 3. The van der Waals surface area contributed by atoms with E-state index < -0.39 is 29.5 Å². The van der Waals surface area contributed by atoms with E-state index in [4.69, 9.17) is 15.2 Å². The van der Waals surface area contributed by atoms with Gasteiger partial charge in [-0.2, -0.15) is 0 Å². The van der Waals surface area contributed by atoms with Crippen LogP contribution in [-0.2, 0) is 25.7 Å². The van der Waals surface area contributed by atoms with Gasteiger partial charge in [-0.05, 0) is 55.7 Å². The van der Waals surface area contributed by atoms with Crippen LogP contribution in [0.3, 0.4) is 0 Å². The predicted octanol–water partition coefficient (Wildman–Crippen LogP) is 4.49. The first-order valence-corrected chi connectivity index (χ1v) is 13.9. The summed E-state index contributed by atoms with van der Waals surface area (Å²) < 4.78 is 13.1. The molecule has 0 aliphatic heterocycles. The van der Waals surface area contributed by atoms with Gasteiger partial charge in [0.1, 0.15) is 11.8 Å². The molecular weight excluding hydrogens is 544 g/mol. The highest BCUT2D eigenvalue weighted by Crippen LogP contribution is 2.23. The van der Waals surface area contributed by atoms with Crippen LogP contribution in [0.2, 0.25) is 0 Å². The summed E-state index contributed by atoms with van der Waals surface area (Å²) in [5, 5.41) is 2.73. The van der Waals surface area contributed by atoms with Crippen molar-refractivity contribution in [2.24, 2.45) is 5.73 Å². The molecule has 0 bridgehead atoms. The lowest BCUT2D eigenvalue weighted by Crippen LogP contribution is -2.55. The molecule has 2 atom stereocenters. The highest BCUT2D eigenvalue weighted by Gasteiger charge is 2.29. The molecule has 43 heavy (non-hydrogen) atoms. The number of nitrogens with two attached hydrogens (primary N) is 1. The van der Waals surface area contributed by atoms with Crippen LogP contribution in [0.15, 0.2) is 109 Å². The first-order chi connectivity index (χ1) is 20.6. The molecule has 1 heterocycles. The van der Waals surface area contributed by atoms with Crippen molar-refractivity contribution < 1.29 is 23.9 Å². The van der Waals surface area contributed by atoms with Crippen LogP contribution in [-0.4, -0.2) is 45.4 Å². The Morgan fingerprint density at radius 3 is 2.19 bits per heavy atom. The van der Waals surface area contributed by atoms with Gasteiger partial charge in [-0.1, -0.05) is 78.9 Å². The Kier molecular flexibility index (Phi) is 10.4. The second-order valence-corrected chi connectivity index (χ2v) is 10.7.